The van der Waals surface area contributed by atoms with Crippen molar-refractivity contribution in [2.24, 2.45) is 0 Å². The van der Waals surface area contributed by atoms with E-state index in [1.165, 1.54) is 18.4 Å². The molecule has 2 heteroatoms. The van der Waals surface area contributed by atoms with Crippen molar-refractivity contribution in [1.29, 1.82) is 0 Å². The molecule has 0 fully saturated rings. The maximum Gasteiger partial charge on any atom is 0.254 e. The van der Waals surface area contributed by atoms with Crippen LogP contribution in [0.4, 0.5) is 0 Å². The number of carbonyl (C=O) groups excluding carboxylic acids is 1. The normalized spacial score (nSPS) is 12.8. The van der Waals surface area contributed by atoms with Crippen LogP contribution in [0.2, 0.25) is 0 Å². The quantitative estimate of drug-likeness (QED) is 0.672. The molecule has 0 saturated carbocycles. The molecule has 1 aromatic carbocycles. The van der Waals surface area contributed by atoms with Gasteiger partial charge in [-0.15, -0.1) is 0 Å². The zero-order chi connectivity index (χ0) is 16.0. The van der Waals surface area contributed by atoms with Crippen LogP contribution in [-0.4, -0.2) is 22.9 Å². The van der Waals surface area contributed by atoms with Gasteiger partial charge in [0, 0.05) is 17.6 Å². The van der Waals surface area contributed by atoms with Gasteiger partial charge in [-0.05, 0) is 51.7 Å². The van der Waals surface area contributed by atoms with Gasteiger partial charge in [0.05, 0.1) is 0 Å². The van der Waals surface area contributed by atoms with E-state index >= 15 is 0 Å². The molecule has 0 aliphatic carbocycles. The molecule has 0 heterocycles. The van der Waals surface area contributed by atoms with Crippen molar-refractivity contribution >= 4 is 5.91 Å². The molecular formula is C19H31NO. The van der Waals surface area contributed by atoms with Crippen molar-refractivity contribution in [1.82, 2.24) is 4.90 Å². The lowest BCUT2D eigenvalue weighted by Crippen LogP contribution is -2.42. The molecule has 21 heavy (non-hydrogen) atoms. The molecule has 1 atom stereocenters. The molecule has 1 amide bonds. The lowest BCUT2D eigenvalue weighted by molar-refractivity contribution is 0.0642. The number of amides is 1. The third-order valence-electron chi connectivity index (χ3n) is 4.06. The second-order valence-corrected chi connectivity index (χ2v) is 6.53. The zero-order valence-corrected chi connectivity index (χ0v) is 14.5. The van der Waals surface area contributed by atoms with Crippen LogP contribution in [0.5, 0.6) is 0 Å². The monoisotopic (exact) mass is 289 g/mol. The van der Waals surface area contributed by atoms with E-state index in [0.29, 0.717) is 5.92 Å². The summed E-state index contributed by atoms with van der Waals surface area (Å²) in [6.45, 7) is 12.8. The summed E-state index contributed by atoms with van der Waals surface area (Å²) >= 11 is 0. The Labute approximate surface area is 130 Å². The molecule has 0 aromatic heterocycles. The molecule has 0 radical (unpaired) electrons. The Hall–Kier alpha value is -1.31. The lowest BCUT2D eigenvalue weighted by atomic mass is 9.90. The van der Waals surface area contributed by atoms with Crippen molar-refractivity contribution in [3.8, 4) is 0 Å². The fourth-order valence-corrected chi connectivity index (χ4v) is 2.99. The van der Waals surface area contributed by atoms with E-state index in [4.69, 9.17) is 0 Å². The van der Waals surface area contributed by atoms with E-state index in [2.05, 4.69) is 47.6 Å². The Morgan fingerprint density at radius 2 is 1.62 bits per heavy atom. The molecule has 1 rings (SSSR count). The van der Waals surface area contributed by atoms with Crippen LogP contribution in [0.25, 0.3) is 0 Å². The summed E-state index contributed by atoms with van der Waals surface area (Å²) in [5, 5.41) is 0. The number of rotatable bonds is 7. The first-order valence-corrected chi connectivity index (χ1v) is 8.31. The minimum absolute atomic E-state index is 0.166. The Morgan fingerprint density at radius 3 is 2.14 bits per heavy atom. The van der Waals surface area contributed by atoms with Gasteiger partial charge in [0.15, 0.2) is 0 Å². The van der Waals surface area contributed by atoms with Gasteiger partial charge < -0.3 is 4.90 Å². The SMILES string of the molecule is CCCC[C@H](C)c1ccccc1C(=O)N(C(C)C)C(C)C. The number of unbranched alkanes of at least 4 members (excludes halogenated alkanes) is 1. The van der Waals surface area contributed by atoms with Crippen molar-refractivity contribution in [2.45, 2.75) is 78.8 Å². The summed E-state index contributed by atoms with van der Waals surface area (Å²) in [5.41, 5.74) is 2.07. The molecule has 0 bridgehead atoms. The number of benzene rings is 1. The predicted octanol–water partition coefficient (Wildman–Crippen LogP) is 5.24. The zero-order valence-electron chi connectivity index (χ0n) is 14.5. The Bertz CT molecular complexity index is 443. The van der Waals surface area contributed by atoms with Gasteiger partial charge in [0.25, 0.3) is 5.91 Å². The van der Waals surface area contributed by atoms with E-state index < -0.39 is 0 Å². The maximum absolute atomic E-state index is 13.0. The molecular weight excluding hydrogens is 258 g/mol. The van der Waals surface area contributed by atoms with Gasteiger partial charge in [-0.2, -0.15) is 0 Å². The summed E-state index contributed by atoms with van der Waals surface area (Å²) in [4.78, 5) is 14.9. The first kappa shape index (κ1) is 17.7. The largest absolute Gasteiger partial charge is 0.334 e. The fraction of sp³-hybridized carbons (Fsp3) is 0.632. The van der Waals surface area contributed by atoms with E-state index in [9.17, 15) is 4.79 Å². The second kappa shape index (κ2) is 8.21. The summed E-state index contributed by atoms with van der Waals surface area (Å²) in [5.74, 6) is 0.602. The van der Waals surface area contributed by atoms with E-state index in [-0.39, 0.29) is 18.0 Å². The number of carbonyl (C=O) groups is 1. The molecule has 0 spiro atoms. The first-order valence-electron chi connectivity index (χ1n) is 8.31. The fourth-order valence-electron chi connectivity index (χ4n) is 2.99. The van der Waals surface area contributed by atoms with Gasteiger partial charge >= 0.3 is 0 Å². The highest BCUT2D eigenvalue weighted by atomic mass is 16.2. The molecule has 0 aliphatic rings. The van der Waals surface area contributed by atoms with Crippen molar-refractivity contribution in [3.63, 3.8) is 0 Å². The number of hydrogen-bond donors (Lipinski definition) is 0. The molecule has 0 aliphatic heterocycles. The molecule has 1 aromatic rings. The van der Waals surface area contributed by atoms with Gasteiger partial charge in [0.1, 0.15) is 0 Å². The van der Waals surface area contributed by atoms with Crippen molar-refractivity contribution < 1.29 is 4.79 Å². The number of hydrogen-bond acceptors (Lipinski definition) is 1. The summed E-state index contributed by atoms with van der Waals surface area (Å²) < 4.78 is 0. The Morgan fingerprint density at radius 1 is 1.05 bits per heavy atom. The van der Waals surface area contributed by atoms with E-state index in [1.54, 1.807) is 0 Å². The Balaban J connectivity index is 3.09. The van der Waals surface area contributed by atoms with Crippen LogP contribution in [0.3, 0.4) is 0 Å². The molecule has 0 unspecified atom stereocenters. The molecule has 118 valence electrons. The average molecular weight is 289 g/mol. The van der Waals surface area contributed by atoms with Gasteiger partial charge in [0.2, 0.25) is 0 Å². The lowest BCUT2D eigenvalue weighted by Gasteiger charge is -2.32. The minimum atomic E-state index is 0.166. The number of nitrogens with zero attached hydrogens (tertiary/aromatic N) is 1. The van der Waals surface area contributed by atoms with E-state index in [0.717, 1.165) is 12.0 Å². The van der Waals surface area contributed by atoms with Crippen molar-refractivity contribution in [2.75, 3.05) is 0 Å². The molecule has 0 N–H and O–H groups in total. The van der Waals surface area contributed by atoms with Crippen LogP contribution in [-0.2, 0) is 0 Å². The molecule has 0 saturated heterocycles. The highest BCUT2D eigenvalue weighted by molar-refractivity contribution is 5.96. The van der Waals surface area contributed by atoms with Crippen molar-refractivity contribution in [3.05, 3.63) is 35.4 Å². The van der Waals surface area contributed by atoms with Crippen LogP contribution in [0.15, 0.2) is 24.3 Å². The van der Waals surface area contributed by atoms with Crippen LogP contribution >= 0.6 is 0 Å². The highest BCUT2D eigenvalue weighted by Crippen LogP contribution is 2.26. The summed E-state index contributed by atoms with van der Waals surface area (Å²) in [6.07, 6.45) is 3.55. The van der Waals surface area contributed by atoms with Crippen LogP contribution in [0.1, 0.15) is 82.6 Å². The van der Waals surface area contributed by atoms with Crippen LogP contribution in [0, 0.1) is 0 Å². The third kappa shape index (κ3) is 4.59. The second-order valence-electron chi connectivity index (χ2n) is 6.53. The maximum atomic E-state index is 13.0. The summed E-state index contributed by atoms with van der Waals surface area (Å²) in [6, 6.07) is 8.56. The third-order valence-corrected chi connectivity index (χ3v) is 4.06. The van der Waals surface area contributed by atoms with Gasteiger partial charge in [-0.3, -0.25) is 4.79 Å². The first-order chi connectivity index (χ1) is 9.90. The summed E-state index contributed by atoms with van der Waals surface area (Å²) in [7, 11) is 0. The van der Waals surface area contributed by atoms with E-state index in [1.807, 2.05) is 23.1 Å². The predicted molar refractivity (Wildman–Crippen MR) is 90.8 cm³/mol. The van der Waals surface area contributed by atoms with Gasteiger partial charge in [-0.25, -0.2) is 0 Å². The highest BCUT2D eigenvalue weighted by Gasteiger charge is 2.24. The Kier molecular flexibility index (Phi) is 6.94. The topological polar surface area (TPSA) is 20.3 Å². The smallest absolute Gasteiger partial charge is 0.254 e. The van der Waals surface area contributed by atoms with Gasteiger partial charge in [-0.1, -0.05) is 44.9 Å². The standard InChI is InChI=1S/C19H31NO/c1-7-8-11-16(6)17-12-9-10-13-18(17)19(21)20(14(2)3)15(4)5/h9-10,12-16H,7-8,11H2,1-6H3/t16-/m0/s1. The minimum Gasteiger partial charge on any atom is -0.334 e. The average Bonchev–Trinajstić information content (AvgIpc) is 2.43. The molecule has 2 nitrogen and oxygen atoms in total. The van der Waals surface area contributed by atoms with Crippen LogP contribution < -0.4 is 0 Å².